The number of ether oxygens (including phenoxy) is 1. The summed E-state index contributed by atoms with van der Waals surface area (Å²) in [5, 5.41) is 0. The molecule has 1 aliphatic heterocycles. The molecule has 1 heterocycles. The first-order valence-corrected chi connectivity index (χ1v) is 7.45. The van der Waals surface area contributed by atoms with Crippen molar-refractivity contribution >= 4 is 5.96 Å². The molecule has 0 amide bonds. The lowest BCUT2D eigenvalue weighted by molar-refractivity contribution is 0.277. The second-order valence-electron chi connectivity index (χ2n) is 5.42. The van der Waals surface area contributed by atoms with Gasteiger partial charge in [0.2, 0.25) is 0 Å². The SMILES string of the molecule is CCOc1cccc(CN=C(N)N2CCC(C)CC2)c1. The predicted octanol–water partition coefficient (Wildman–Crippen LogP) is 2.63. The van der Waals surface area contributed by atoms with E-state index in [0.717, 1.165) is 30.3 Å². The smallest absolute Gasteiger partial charge is 0.191 e. The molecule has 4 heteroatoms. The van der Waals surface area contributed by atoms with E-state index in [2.05, 4.69) is 22.9 Å². The third-order valence-electron chi connectivity index (χ3n) is 3.74. The Morgan fingerprint density at radius 1 is 1.40 bits per heavy atom. The highest BCUT2D eigenvalue weighted by atomic mass is 16.5. The Hall–Kier alpha value is -1.71. The van der Waals surface area contributed by atoms with Gasteiger partial charge in [-0.05, 0) is 43.4 Å². The first-order chi connectivity index (χ1) is 9.69. The van der Waals surface area contributed by atoms with E-state index in [-0.39, 0.29) is 0 Å². The number of hydrogen-bond acceptors (Lipinski definition) is 2. The van der Waals surface area contributed by atoms with E-state index in [0.29, 0.717) is 19.1 Å². The van der Waals surface area contributed by atoms with Crippen molar-refractivity contribution in [2.45, 2.75) is 33.2 Å². The van der Waals surface area contributed by atoms with Crippen molar-refractivity contribution in [2.24, 2.45) is 16.6 Å². The maximum absolute atomic E-state index is 6.08. The fourth-order valence-electron chi connectivity index (χ4n) is 2.41. The van der Waals surface area contributed by atoms with Crippen molar-refractivity contribution in [3.8, 4) is 5.75 Å². The first-order valence-electron chi connectivity index (χ1n) is 7.45. The molecule has 0 aromatic heterocycles. The van der Waals surface area contributed by atoms with Crippen LogP contribution in [0.2, 0.25) is 0 Å². The molecular weight excluding hydrogens is 250 g/mol. The molecule has 0 bridgehead atoms. The zero-order valence-electron chi connectivity index (χ0n) is 12.5. The standard InChI is InChI=1S/C16H25N3O/c1-3-20-15-6-4-5-14(11-15)12-18-16(17)19-9-7-13(2)8-10-19/h4-6,11,13H,3,7-10,12H2,1-2H3,(H2,17,18). The van der Waals surface area contributed by atoms with Gasteiger partial charge < -0.3 is 15.4 Å². The molecule has 0 atom stereocenters. The summed E-state index contributed by atoms with van der Waals surface area (Å²) in [6.07, 6.45) is 2.41. The Labute approximate surface area is 121 Å². The summed E-state index contributed by atoms with van der Waals surface area (Å²) in [6.45, 7) is 7.62. The number of aliphatic imine (C=N–C) groups is 1. The molecule has 20 heavy (non-hydrogen) atoms. The normalized spacial score (nSPS) is 17.3. The zero-order valence-corrected chi connectivity index (χ0v) is 12.5. The number of benzene rings is 1. The fourth-order valence-corrected chi connectivity index (χ4v) is 2.41. The summed E-state index contributed by atoms with van der Waals surface area (Å²) >= 11 is 0. The van der Waals surface area contributed by atoms with Gasteiger partial charge in [0, 0.05) is 13.1 Å². The molecule has 1 aromatic carbocycles. The molecule has 1 saturated heterocycles. The molecule has 0 spiro atoms. The van der Waals surface area contributed by atoms with Crippen LogP contribution in [0.25, 0.3) is 0 Å². The minimum absolute atomic E-state index is 0.610. The summed E-state index contributed by atoms with van der Waals surface area (Å²) in [4.78, 5) is 6.70. The largest absolute Gasteiger partial charge is 0.494 e. The van der Waals surface area contributed by atoms with Crippen LogP contribution in [0, 0.1) is 5.92 Å². The van der Waals surface area contributed by atoms with Crippen LogP contribution in [0.4, 0.5) is 0 Å². The van der Waals surface area contributed by atoms with Gasteiger partial charge in [0.1, 0.15) is 5.75 Å². The van der Waals surface area contributed by atoms with Gasteiger partial charge in [-0.2, -0.15) is 0 Å². The number of likely N-dealkylation sites (tertiary alicyclic amines) is 1. The lowest BCUT2D eigenvalue weighted by atomic mass is 10.00. The topological polar surface area (TPSA) is 50.9 Å². The summed E-state index contributed by atoms with van der Waals surface area (Å²) in [6, 6.07) is 8.04. The average Bonchev–Trinajstić information content (AvgIpc) is 2.46. The third kappa shape index (κ3) is 4.15. The Balaban J connectivity index is 1.92. The Bertz CT molecular complexity index is 451. The molecule has 2 rings (SSSR count). The molecule has 0 aliphatic carbocycles. The number of nitrogens with zero attached hydrogens (tertiary/aromatic N) is 2. The highest BCUT2D eigenvalue weighted by Crippen LogP contribution is 2.16. The molecule has 1 aliphatic rings. The van der Waals surface area contributed by atoms with Crippen molar-refractivity contribution in [1.29, 1.82) is 0 Å². The summed E-state index contributed by atoms with van der Waals surface area (Å²) < 4.78 is 5.49. The second-order valence-corrected chi connectivity index (χ2v) is 5.42. The molecule has 0 radical (unpaired) electrons. The van der Waals surface area contributed by atoms with E-state index < -0.39 is 0 Å². The predicted molar refractivity (Wildman–Crippen MR) is 82.9 cm³/mol. The van der Waals surface area contributed by atoms with Gasteiger partial charge in [0.05, 0.1) is 13.2 Å². The molecule has 2 N–H and O–H groups in total. The number of nitrogens with two attached hydrogens (primary N) is 1. The molecule has 1 fully saturated rings. The van der Waals surface area contributed by atoms with Crippen LogP contribution in [-0.4, -0.2) is 30.6 Å². The molecular formula is C16H25N3O. The summed E-state index contributed by atoms with van der Waals surface area (Å²) in [5.74, 6) is 2.37. The van der Waals surface area contributed by atoms with E-state index in [1.54, 1.807) is 0 Å². The fraction of sp³-hybridized carbons (Fsp3) is 0.562. The van der Waals surface area contributed by atoms with Crippen LogP contribution >= 0.6 is 0 Å². The number of rotatable bonds is 4. The Morgan fingerprint density at radius 2 is 2.15 bits per heavy atom. The van der Waals surface area contributed by atoms with Crippen molar-refractivity contribution in [3.05, 3.63) is 29.8 Å². The van der Waals surface area contributed by atoms with Crippen molar-refractivity contribution in [3.63, 3.8) is 0 Å². The van der Waals surface area contributed by atoms with Gasteiger partial charge in [-0.15, -0.1) is 0 Å². The van der Waals surface area contributed by atoms with Crippen LogP contribution in [0.1, 0.15) is 32.3 Å². The van der Waals surface area contributed by atoms with Crippen LogP contribution in [0.3, 0.4) is 0 Å². The summed E-state index contributed by atoms with van der Waals surface area (Å²) in [5.41, 5.74) is 7.21. The summed E-state index contributed by atoms with van der Waals surface area (Å²) in [7, 11) is 0. The molecule has 4 nitrogen and oxygen atoms in total. The van der Waals surface area contributed by atoms with Crippen molar-refractivity contribution in [1.82, 2.24) is 4.90 Å². The maximum Gasteiger partial charge on any atom is 0.191 e. The van der Waals surface area contributed by atoms with Gasteiger partial charge in [-0.3, -0.25) is 0 Å². The van der Waals surface area contributed by atoms with Gasteiger partial charge in [-0.1, -0.05) is 19.1 Å². The van der Waals surface area contributed by atoms with E-state index in [1.807, 2.05) is 25.1 Å². The first kappa shape index (κ1) is 14.7. The van der Waals surface area contributed by atoms with Crippen LogP contribution < -0.4 is 10.5 Å². The number of piperidine rings is 1. The highest BCUT2D eigenvalue weighted by molar-refractivity contribution is 5.78. The van der Waals surface area contributed by atoms with E-state index in [4.69, 9.17) is 10.5 Å². The molecule has 0 unspecified atom stereocenters. The Kier molecular flexibility index (Phi) is 5.27. The monoisotopic (exact) mass is 275 g/mol. The van der Waals surface area contributed by atoms with E-state index >= 15 is 0 Å². The maximum atomic E-state index is 6.08. The Morgan fingerprint density at radius 3 is 2.85 bits per heavy atom. The van der Waals surface area contributed by atoms with Crippen LogP contribution in [-0.2, 0) is 6.54 Å². The molecule has 0 saturated carbocycles. The zero-order chi connectivity index (χ0) is 14.4. The van der Waals surface area contributed by atoms with Crippen molar-refractivity contribution in [2.75, 3.05) is 19.7 Å². The van der Waals surface area contributed by atoms with Crippen LogP contribution in [0.5, 0.6) is 5.75 Å². The van der Waals surface area contributed by atoms with E-state index in [1.165, 1.54) is 12.8 Å². The van der Waals surface area contributed by atoms with Gasteiger partial charge >= 0.3 is 0 Å². The number of guanidine groups is 1. The quantitative estimate of drug-likeness (QED) is 0.679. The molecule has 1 aromatic rings. The average molecular weight is 275 g/mol. The van der Waals surface area contributed by atoms with Crippen LogP contribution in [0.15, 0.2) is 29.3 Å². The second kappa shape index (κ2) is 7.17. The van der Waals surface area contributed by atoms with Gasteiger partial charge in [0.15, 0.2) is 5.96 Å². The minimum Gasteiger partial charge on any atom is -0.494 e. The highest BCUT2D eigenvalue weighted by Gasteiger charge is 2.16. The minimum atomic E-state index is 0.610. The lowest BCUT2D eigenvalue weighted by Crippen LogP contribution is -2.42. The lowest BCUT2D eigenvalue weighted by Gasteiger charge is -2.31. The third-order valence-corrected chi connectivity index (χ3v) is 3.74. The molecule has 110 valence electrons. The van der Waals surface area contributed by atoms with Crippen molar-refractivity contribution < 1.29 is 4.74 Å². The van der Waals surface area contributed by atoms with Gasteiger partial charge in [0.25, 0.3) is 0 Å². The van der Waals surface area contributed by atoms with Gasteiger partial charge in [-0.25, -0.2) is 4.99 Å². The van der Waals surface area contributed by atoms with E-state index in [9.17, 15) is 0 Å². The number of hydrogen-bond donors (Lipinski definition) is 1.